The van der Waals surface area contributed by atoms with Crippen molar-refractivity contribution in [2.24, 2.45) is 5.92 Å². The van der Waals surface area contributed by atoms with Crippen molar-refractivity contribution in [3.8, 4) is 0 Å². The van der Waals surface area contributed by atoms with Gasteiger partial charge in [0.05, 0.1) is 0 Å². The Bertz CT molecular complexity index is 405. The Labute approximate surface area is 125 Å². The highest BCUT2D eigenvalue weighted by Gasteiger charge is 2.28. The van der Waals surface area contributed by atoms with Crippen LogP contribution in [0.25, 0.3) is 0 Å². The maximum Gasteiger partial charge on any atom is 0.0247 e. The summed E-state index contributed by atoms with van der Waals surface area (Å²) in [7, 11) is 0. The van der Waals surface area contributed by atoms with E-state index in [1.54, 1.807) is 0 Å². The lowest BCUT2D eigenvalue weighted by Crippen LogP contribution is -2.57. The lowest BCUT2D eigenvalue weighted by Gasteiger charge is -2.42. The fourth-order valence-corrected chi connectivity index (χ4v) is 3.33. The minimum atomic E-state index is 0.641. The van der Waals surface area contributed by atoms with E-state index in [0.29, 0.717) is 18.0 Å². The van der Waals surface area contributed by atoms with Gasteiger partial charge in [0.25, 0.3) is 0 Å². The van der Waals surface area contributed by atoms with E-state index in [2.05, 4.69) is 71.2 Å². The highest BCUT2D eigenvalue weighted by atomic mass is 79.9. The van der Waals surface area contributed by atoms with Gasteiger partial charge in [-0.1, -0.05) is 48.8 Å². The van der Waals surface area contributed by atoms with E-state index in [1.807, 2.05) is 0 Å². The molecule has 1 aliphatic rings. The molecule has 1 aromatic carbocycles. The van der Waals surface area contributed by atoms with Crippen molar-refractivity contribution in [3.63, 3.8) is 0 Å². The van der Waals surface area contributed by atoms with Crippen molar-refractivity contribution < 1.29 is 0 Å². The zero-order valence-electron chi connectivity index (χ0n) is 12.2. The molecule has 2 nitrogen and oxygen atoms in total. The Morgan fingerprint density at radius 1 is 1.42 bits per heavy atom. The molecule has 2 unspecified atom stereocenters. The molecule has 0 aliphatic carbocycles. The van der Waals surface area contributed by atoms with Crippen molar-refractivity contribution in [2.45, 2.75) is 45.8 Å². The zero-order chi connectivity index (χ0) is 13.8. The number of nitrogens with one attached hydrogen (secondary N) is 1. The minimum Gasteiger partial charge on any atom is -0.311 e. The van der Waals surface area contributed by atoms with E-state index in [9.17, 15) is 0 Å². The quantitative estimate of drug-likeness (QED) is 0.909. The first kappa shape index (κ1) is 15.0. The molecule has 0 saturated carbocycles. The summed E-state index contributed by atoms with van der Waals surface area (Å²) in [6.07, 6.45) is 1.21. The van der Waals surface area contributed by atoms with E-state index in [4.69, 9.17) is 0 Å². The first-order valence-electron chi connectivity index (χ1n) is 7.32. The molecule has 0 spiro atoms. The molecule has 1 aromatic rings. The van der Waals surface area contributed by atoms with Gasteiger partial charge in [0.15, 0.2) is 0 Å². The molecule has 1 fully saturated rings. The van der Waals surface area contributed by atoms with Gasteiger partial charge in [-0.15, -0.1) is 0 Å². The van der Waals surface area contributed by atoms with Crippen LogP contribution in [0, 0.1) is 5.92 Å². The average Bonchev–Trinajstić information content (AvgIpc) is 2.38. The lowest BCUT2D eigenvalue weighted by molar-refractivity contribution is 0.0900. The predicted molar refractivity (Wildman–Crippen MR) is 85.3 cm³/mol. The van der Waals surface area contributed by atoms with Crippen LogP contribution < -0.4 is 5.32 Å². The van der Waals surface area contributed by atoms with Crippen molar-refractivity contribution in [1.29, 1.82) is 0 Å². The summed E-state index contributed by atoms with van der Waals surface area (Å²) in [5.74, 6) is 0.692. The van der Waals surface area contributed by atoms with Crippen LogP contribution in [0.4, 0.5) is 0 Å². The first-order chi connectivity index (χ1) is 9.10. The topological polar surface area (TPSA) is 15.3 Å². The average molecular weight is 325 g/mol. The Balaban J connectivity index is 2.09. The van der Waals surface area contributed by atoms with Crippen LogP contribution in [-0.2, 0) is 6.54 Å². The van der Waals surface area contributed by atoms with Gasteiger partial charge in [-0.25, -0.2) is 0 Å². The van der Waals surface area contributed by atoms with Gasteiger partial charge in [0.1, 0.15) is 0 Å². The van der Waals surface area contributed by atoms with Crippen molar-refractivity contribution in [3.05, 3.63) is 34.3 Å². The molecule has 0 radical (unpaired) electrons. The summed E-state index contributed by atoms with van der Waals surface area (Å²) in [4.78, 5) is 2.65. The molecule has 2 rings (SSSR count). The van der Waals surface area contributed by atoms with Crippen LogP contribution in [0.15, 0.2) is 28.7 Å². The van der Waals surface area contributed by atoms with Gasteiger partial charge in [-0.05, 0) is 30.0 Å². The van der Waals surface area contributed by atoms with Crippen LogP contribution in [0.1, 0.15) is 32.8 Å². The van der Waals surface area contributed by atoms with E-state index in [1.165, 1.54) is 16.5 Å². The van der Waals surface area contributed by atoms with E-state index in [0.717, 1.165) is 19.6 Å². The third kappa shape index (κ3) is 4.04. The molecule has 1 saturated heterocycles. The molecular formula is C16H25BrN2. The van der Waals surface area contributed by atoms with Crippen LogP contribution in [0.5, 0.6) is 0 Å². The summed E-state index contributed by atoms with van der Waals surface area (Å²) in [5.41, 5.74) is 1.40. The van der Waals surface area contributed by atoms with Crippen LogP contribution in [0.2, 0.25) is 0 Å². The van der Waals surface area contributed by atoms with Crippen molar-refractivity contribution in [1.82, 2.24) is 10.2 Å². The summed E-state index contributed by atoms with van der Waals surface area (Å²) >= 11 is 3.57. The molecule has 1 aliphatic heterocycles. The molecule has 0 amide bonds. The number of hydrogen-bond acceptors (Lipinski definition) is 2. The monoisotopic (exact) mass is 324 g/mol. The van der Waals surface area contributed by atoms with Gasteiger partial charge in [-0.3, -0.25) is 4.90 Å². The second kappa shape index (κ2) is 6.87. The first-order valence-corrected chi connectivity index (χ1v) is 8.11. The Kier molecular flexibility index (Phi) is 5.43. The second-order valence-electron chi connectivity index (χ2n) is 5.88. The molecule has 106 valence electrons. The van der Waals surface area contributed by atoms with Gasteiger partial charge in [0.2, 0.25) is 0 Å². The fraction of sp³-hybridized carbons (Fsp3) is 0.625. The predicted octanol–water partition coefficient (Wildman–Crippen LogP) is 3.66. The van der Waals surface area contributed by atoms with Crippen LogP contribution in [0.3, 0.4) is 0 Å². The number of benzene rings is 1. The standard InChI is InChI=1S/C16H25BrN2/c1-4-15-11-19(16(9-18-15)12(2)3)10-13-6-5-7-14(17)8-13/h5-8,12,15-16,18H,4,9-11H2,1-3H3. The molecular weight excluding hydrogens is 300 g/mol. The maximum absolute atomic E-state index is 3.68. The third-order valence-corrected chi connectivity index (χ3v) is 4.57. The Hall–Kier alpha value is -0.380. The highest BCUT2D eigenvalue weighted by molar-refractivity contribution is 9.10. The van der Waals surface area contributed by atoms with Gasteiger partial charge >= 0.3 is 0 Å². The summed E-state index contributed by atoms with van der Waals surface area (Å²) < 4.78 is 1.17. The van der Waals surface area contributed by atoms with Gasteiger partial charge < -0.3 is 5.32 Å². The molecule has 0 bridgehead atoms. The smallest absolute Gasteiger partial charge is 0.0247 e. The SMILES string of the molecule is CCC1CN(Cc2cccc(Br)c2)C(C(C)C)CN1. The lowest BCUT2D eigenvalue weighted by atomic mass is 9.97. The second-order valence-corrected chi connectivity index (χ2v) is 6.80. The van der Waals surface area contributed by atoms with Crippen molar-refractivity contribution in [2.75, 3.05) is 13.1 Å². The number of piperazine rings is 1. The zero-order valence-corrected chi connectivity index (χ0v) is 13.8. The third-order valence-electron chi connectivity index (χ3n) is 4.08. The molecule has 19 heavy (non-hydrogen) atoms. The van der Waals surface area contributed by atoms with E-state index < -0.39 is 0 Å². The fourth-order valence-electron chi connectivity index (χ4n) is 2.88. The van der Waals surface area contributed by atoms with Gasteiger partial charge in [-0.2, -0.15) is 0 Å². The largest absolute Gasteiger partial charge is 0.311 e. The van der Waals surface area contributed by atoms with Gasteiger partial charge in [0, 0.05) is 36.2 Å². The van der Waals surface area contributed by atoms with E-state index in [-0.39, 0.29) is 0 Å². The number of halogens is 1. The Morgan fingerprint density at radius 3 is 2.84 bits per heavy atom. The molecule has 2 atom stereocenters. The van der Waals surface area contributed by atoms with Crippen LogP contribution >= 0.6 is 15.9 Å². The number of nitrogens with zero attached hydrogens (tertiary/aromatic N) is 1. The minimum absolute atomic E-state index is 0.641. The molecule has 0 aromatic heterocycles. The van der Waals surface area contributed by atoms with Crippen molar-refractivity contribution >= 4 is 15.9 Å². The normalized spacial score (nSPS) is 24.9. The molecule has 1 N–H and O–H groups in total. The van der Waals surface area contributed by atoms with E-state index >= 15 is 0 Å². The number of rotatable bonds is 4. The highest BCUT2D eigenvalue weighted by Crippen LogP contribution is 2.20. The van der Waals surface area contributed by atoms with Crippen LogP contribution in [-0.4, -0.2) is 30.1 Å². The maximum atomic E-state index is 3.68. The summed E-state index contributed by atoms with van der Waals surface area (Å²) in [6.45, 7) is 10.3. The summed E-state index contributed by atoms with van der Waals surface area (Å²) in [6, 6.07) is 9.97. The summed E-state index contributed by atoms with van der Waals surface area (Å²) in [5, 5.41) is 3.68. The Morgan fingerprint density at radius 2 is 2.21 bits per heavy atom. The molecule has 3 heteroatoms. The number of hydrogen-bond donors (Lipinski definition) is 1. The molecule has 1 heterocycles.